The maximum absolute atomic E-state index is 11.7. The highest BCUT2D eigenvalue weighted by molar-refractivity contribution is 5.69. The molecule has 0 aromatic rings. The predicted octanol–water partition coefficient (Wildman–Crippen LogP) is 7.17. The molecule has 0 aromatic heterocycles. The van der Waals surface area contributed by atoms with Gasteiger partial charge in [0.1, 0.15) is 13.2 Å². The molecule has 0 aliphatic heterocycles. The molecule has 6 heteroatoms. The molecule has 0 saturated carbocycles. The summed E-state index contributed by atoms with van der Waals surface area (Å²) in [6, 6.07) is 0. The quantitative estimate of drug-likeness (QED) is 0.0905. The van der Waals surface area contributed by atoms with Crippen molar-refractivity contribution in [2.45, 2.75) is 129 Å². The van der Waals surface area contributed by atoms with Gasteiger partial charge in [-0.1, -0.05) is 104 Å². The predicted molar refractivity (Wildman–Crippen MR) is 138 cm³/mol. The van der Waals surface area contributed by atoms with Crippen molar-refractivity contribution in [1.82, 2.24) is 0 Å². The Bertz CT molecular complexity index is 441. The fraction of sp³-hybridized carbons (Fsp3) is 0.929. The van der Waals surface area contributed by atoms with Crippen LogP contribution in [0.3, 0.4) is 0 Å². The molecule has 0 bridgehead atoms. The molecule has 0 unspecified atom stereocenters. The molecule has 0 aromatic carbocycles. The average molecular weight is 487 g/mol. The van der Waals surface area contributed by atoms with E-state index in [4.69, 9.17) is 18.9 Å². The van der Waals surface area contributed by atoms with Crippen molar-refractivity contribution in [1.29, 1.82) is 0 Å². The van der Waals surface area contributed by atoms with E-state index in [1.165, 1.54) is 70.6 Å². The third-order valence-electron chi connectivity index (χ3n) is 5.82. The van der Waals surface area contributed by atoms with Gasteiger partial charge in [-0.25, -0.2) is 0 Å². The minimum atomic E-state index is -0.158. The van der Waals surface area contributed by atoms with E-state index in [0.29, 0.717) is 39.3 Å². The molecular formula is C28H54O6. The molecule has 0 radical (unpaired) electrons. The Morgan fingerprint density at radius 2 is 0.706 bits per heavy atom. The number of carbonyl (C=O) groups is 2. The van der Waals surface area contributed by atoms with Crippen LogP contribution in [-0.2, 0) is 28.5 Å². The van der Waals surface area contributed by atoms with E-state index in [1.54, 1.807) is 0 Å². The second-order valence-electron chi connectivity index (χ2n) is 9.12. The Kier molecular flexibility index (Phi) is 27.2. The van der Waals surface area contributed by atoms with E-state index < -0.39 is 0 Å². The monoisotopic (exact) mass is 486 g/mol. The van der Waals surface area contributed by atoms with Crippen LogP contribution in [0.25, 0.3) is 0 Å². The standard InChI is InChI=1S/C28H54O6/c1-3-5-7-8-9-10-11-12-13-14-15-16-18-20-28(30)34-26-24-32-22-21-31-23-25-33-27(29)19-17-6-4-2/h3-26H2,1-2H3. The lowest BCUT2D eigenvalue weighted by Gasteiger charge is -2.08. The topological polar surface area (TPSA) is 71.1 Å². The van der Waals surface area contributed by atoms with Gasteiger partial charge in [0.25, 0.3) is 0 Å². The van der Waals surface area contributed by atoms with Crippen LogP contribution in [0.5, 0.6) is 0 Å². The summed E-state index contributed by atoms with van der Waals surface area (Å²) >= 11 is 0. The van der Waals surface area contributed by atoms with Crippen LogP contribution >= 0.6 is 0 Å². The fourth-order valence-electron chi connectivity index (χ4n) is 3.70. The largest absolute Gasteiger partial charge is 0.463 e. The molecule has 6 nitrogen and oxygen atoms in total. The van der Waals surface area contributed by atoms with Crippen LogP contribution in [-0.4, -0.2) is 51.6 Å². The molecule has 0 aliphatic carbocycles. The summed E-state index contributed by atoms with van der Waals surface area (Å²) in [5.41, 5.74) is 0. The highest BCUT2D eigenvalue weighted by Crippen LogP contribution is 2.13. The summed E-state index contributed by atoms with van der Waals surface area (Å²) in [6.07, 6.45) is 20.9. The van der Waals surface area contributed by atoms with Crippen molar-refractivity contribution in [2.75, 3.05) is 39.6 Å². The van der Waals surface area contributed by atoms with Gasteiger partial charge in [-0.15, -0.1) is 0 Å². The first-order valence-corrected chi connectivity index (χ1v) is 14.2. The van der Waals surface area contributed by atoms with Gasteiger partial charge in [0.05, 0.1) is 26.4 Å². The lowest BCUT2D eigenvalue weighted by molar-refractivity contribution is -0.147. The van der Waals surface area contributed by atoms with Gasteiger partial charge in [0.2, 0.25) is 0 Å². The Balaban J connectivity index is 3.21. The summed E-state index contributed by atoms with van der Waals surface area (Å²) < 4.78 is 21.0. The van der Waals surface area contributed by atoms with Crippen LogP contribution in [0.4, 0.5) is 0 Å². The highest BCUT2D eigenvalue weighted by atomic mass is 16.6. The van der Waals surface area contributed by atoms with Crippen LogP contribution in [0.2, 0.25) is 0 Å². The molecule has 202 valence electrons. The maximum atomic E-state index is 11.7. The minimum Gasteiger partial charge on any atom is -0.463 e. The molecule has 0 N–H and O–H groups in total. The number of carbonyl (C=O) groups excluding carboxylic acids is 2. The van der Waals surface area contributed by atoms with Crippen LogP contribution in [0, 0.1) is 0 Å². The Morgan fingerprint density at radius 1 is 0.412 bits per heavy atom. The lowest BCUT2D eigenvalue weighted by Crippen LogP contribution is -2.15. The zero-order valence-electron chi connectivity index (χ0n) is 22.4. The SMILES string of the molecule is CCCCCCCCCCCCCCCC(=O)OCCOCCOCCOC(=O)CCCCC. The fourth-order valence-corrected chi connectivity index (χ4v) is 3.70. The molecule has 0 aliphatic rings. The second kappa shape index (κ2) is 28.1. The van der Waals surface area contributed by atoms with Crippen LogP contribution in [0.1, 0.15) is 129 Å². The van der Waals surface area contributed by atoms with E-state index in [2.05, 4.69) is 13.8 Å². The van der Waals surface area contributed by atoms with Crippen molar-refractivity contribution < 1.29 is 28.5 Å². The molecule has 34 heavy (non-hydrogen) atoms. The molecule has 0 saturated heterocycles. The molecule has 0 spiro atoms. The summed E-state index contributed by atoms with van der Waals surface area (Å²) in [5, 5.41) is 0. The second-order valence-corrected chi connectivity index (χ2v) is 9.12. The number of ether oxygens (including phenoxy) is 4. The van der Waals surface area contributed by atoms with E-state index in [1.807, 2.05) is 0 Å². The molecule has 0 fully saturated rings. The van der Waals surface area contributed by atoms with Gasteiger partial charge in [0, 0.05) is 12.8 Å². The highest BCUT2D eigenvalue weighted by Gasteiger charge is 2.03. The lowest BCUT2D eigenvalue weighted by atomic mass is 10.0. The zero-order chi connectivity index (χ0) is 25.0. The smallest absolute Gasteiger partial charge is 0.305 e. The van der Waals surface area contributed by atoms with E-state index >= 15 is 0 Å². The minimum absolute atomic E-state index is 0.135. The van der Waals surface area contributed by atoms with Crippen LogP contribution < -0.4 is 0 Å². The molecule has 0 heterocycles. The van der Waals surface area contributed by atoms with Gasteiger partial charge >= 0.3 is 11.9 Å². The van der Waals surface area contributed by atoms with Gasteiger partial charge in [-0.05, 0) is 12.8 Å². The average Bonchev–Trinajstić information content (AvgIpc) is 2.83. The number of hydrogen-bond donors (Lipinski definition) is 0. The van der Waals surface area contributed by atoms with Crippen molar-refractivity contribution in [2.24, 2.45) is 0 Å². The van der Waals surface area contributed by atoms with Crippen LogP contribution in [0.15, 0.2) is 0 Å². The molecule has 0 rings (SSSR count). The normalized spacial score (nSPS) is 11.0. The Labute approximate surface area is 209 Å². The van der Waals surface area contributed by atoms with E-state index in [-0.39, 0.29) is 25.2 Å². The van der Waals surface area contributed by atoms with Crippen molar-refractivity contribution in [3.05, 3.63) is 0 Å². The van der Waals surface area contributed by atoms with E-state index in [0.717, 1.165) is 32.1 Å². The molecule has 0 amide bonds. The first-order chi connectivity index (χ1) is 16.7. The van der Waals surface area contributed by atoms with Gasteiger partial charge in [-0.2, -0.15) is 0 Å². The number of esters is 2. The number of rotatable bonds is 27. The zero-order valence-corrected chi connectivity index (χ0v) is 22.4. The Hall–Kier alpha value is -1.14. The Morgan fingerprint density at radius 3 is 1.12 bits per heavy atom. The summed E-state index contributed by atoms with van der Waals surface area (Å²) in [6.45, 7) is 6.54. The van der Waals surface area contributed by atoms with Gasteiger partial charge in [0.15, 0.2) is 0 Å². The summed E-state index contributed by atoms with van der Waals surface area (Å²) in [4.78, 5) is 23.2. The van der Waals surface area contributed by atoms with E-state index in [9.17, 15) is 9.59 Å². The summed E-state index contributed by atoms with van der Waals surface area (Å²) in [5.74, 6) is -0.294. The molecule has 0 atom stereocenters. The van der Waals surface area contributed by atoms with Crippen molar-refractivity contribution in [3.8, 4) is 0 Å². The van der Waals surface area contributed by atoms with Crippen molar-refractivity contribution in [3.63, 3.8) is 0 Å². The van der Waals surface area contributed by atoms with Gasteiger partial charge < -0.3 is 18.9 Å². The number of unbranched alkanes of at least 4 members (excludes halogenated alkanes) is 14. The number of hydrogen-bond acceptors (Lipinski definition) is 6. The third-order valence-corrected chi connectivity index (χ3v) is 5.82. The molecular weight excluding hydrogens is 432 g/mol. The van der Waals surface area contributed by atoms with Gasteiger partial charge in [-0.3, -0.25) is 9.59 Å². The summed E-state index contributed by atoms with van der Waals surface area (Å²) in [7, 11) is 0. The third kappa shape index (κ3) is 27.1. The maximum Gasteiger partial charge on any atom is 0.305 e. The van der Waals surface area contributed by atoms with Crippen molar-refractivity contribution >= 4 is 11.9 Å². The first-order valence-electron chi connectivity index (χ1n) is 14.2. The first kappa shape index (κ1) is 32.9.